The molecule has 3 aromatic heterocycles. The summed E-state index contributed by atoms with van der Waals surface area (Å²) in [4.78, 5) is 30.1. The molecule has 5 rings (SSSR count). The van der Waals surface area contributed by atoms with Crippen LogP contribution in [-0.4, -0.2) is 50.7 Å². The molecule has 1 aliphatic rings. The number of anilines is 1. The van der Waals surface area contributed by atoms with Crippen molar-refractivity contribution >= 4 is 28.2 Å². The molecule has 1 atom stereocenters. The van der Waals surface area contributed by atoms with Crippen LogP contribution in [0.2, 0.25) is 0 Å². The summed E-state index contributed by atoms with van der Waals surface area (Å²) in [6.45, 7) is 8.78. The van der Waals surface area contributed by atoms with Crippen molar-refractivity contribution in [3.05, 3.63) is 64.4 Å². The normalized spacial score (nSPS) is 16.8. The molecule has 33 heavy (non-hydrogen) atoms. The zero-order valence-electron chi connectivity index (χ0n) is 19.3. The zero-order chi connectivity index (χ0) is 23.1. The Kier molecular flexibility index (Phi) is 5.44. The number of hydrogen-bond acceptors (Lipinski definition) is 5. The van der Waals surface area contributed by atoms with Crippen molar-refractivity contribution in [1.82, 2.24) is 19.1 Å². The van der Waals surface area contributed by atoms with E-state index in [4.69, 9.17) is 4.42 Å². The maximum absolute atomic E-state index is 12.9. The topological polar surface area (TPSA) is 76.0 Å². The number of piperazine rings is 1. The average Bonchev–Trinajstić information content (AvgIpc) is 3.38. The maximum atomic E-state index is 12.9. The Bertz CT molecular complexity index is 1380. The Morgan fingerprint density at radius 2 is 2.00 bits per heavy atom. The molecular weight excluding hydrogens is 418 g/mol. The van der Waals surface area contributed by atoms with E-state index >= 15 is 0 Å². The highest BCUT2D eigenvalue weighted by Crippen LogP contribution is 2.22. The molecule has 0 unspecified atom stereocenters. The summed E-state index contributed by atoms with van der Waals surface area (Å²) in [5.41, 5.74) is 4.34. The molecule has 1 aliphatic heterocycles. The smallest absolute Gasteiger partial charge is 0.291 e. The highest BCUT2D eigenvalue weighted by molar-refractivity contribution is 5.82. The number of aromatic nitrogens is 3. The molecule has 1 aromatic carbocycles. The Morgan fingerprint density at radius 1 is 1.15 bits per heavy atom. The predicted molar refractivity (Wildman–Crippen MR) is 128 cm³/mol. The second-order valence-electron chi connectivity index (χ2n) is 8.94. The van der Waals surface area contributed by atoms with Crippen LogP contribution in [0.4, 0.5) is 5.69 Å². The Morgan fingerprint density at radius 3 is 2.79 bits per heavy atom. The molecule has 8 nitrogen and oxygen atoms in total. The van der Waals surface area contributed by atoms with Gasteiger partial charge in [-0.15, -0.1) is 0 Å². The van der Waals surface area contributed by atoms with Crippen molar-refractivity contribution in [1.29, 1.82) is 0 Å². The minimum atomic E-state index is -0.167. The van der Waals surface area contributed by atoms with Gasteiger partial charge in [-0.1, -0.05) is 12.1 Å². The Labute approximate surface area is 192 Å². The molecule has 0 N–H and O–H groups in total. The number of nitrogens with zero attached hydrogens (tertiary/aromatic N) is 5. The lowest BCUT2D eigenvalue weighted by atomic mass is 10.1. The molecule has 0 aliphatic carbocycles. The molecule has 0 bridgehead atoms. The first-order valence-electron chi connectivity index (χ1n) is 11.5. The number of carbonyl (C=O) groups is 1. The van der Waals surface area contributed by atoms with Crippen LogP contribution < -0.4 is 10.5 Å². The van der Waals surface area contributed by atoms with Crippen LogP contribution in [0.1, 0.15) is 31.2 Å². The van der Waals surface area contributed by atoms with E-state index in [-0.39, 0.29) is 17.5 Å². The van der Waals surface area contributed by atoms with Gasteiger partial charge in [0.1, 0.15) is 11.3 Å². The molecule has 4 aromatic rings. The van der Waals surface area contributed by atoms with Crippen LogP contribution in [0.25, 0.3) is 16.6 Å². The summed E-state index contributed by atoms with van der Waals surface area (Å²) in [5, 5.41) is 4.47. The average molecular weight is 448 g/mol. The van der Waals surface area contributed by atoms with E-state index in [0.29, 0.717) is 49.4 Å². The predicted octanol–water partition coefficient (Wildman–Crippen LogP) is 3.38. The first-order chi connectivity index (χ1) is 15.9. The number of amides is 1. The van der Waals surface area contributed by atoms with Crippen molar-refractivity contribution in [2.75, 3.05) is 24.5 Å². The molecule has 0 radical (unpaired) electrons. The van der Waals surface area contributed by atoms with Gasteiger partial charge in [0.2, 0.25) is 5.91 Å². The van der Waals surface area contributed by atoms with E-state index in [1.54, 1.807) is 12.3 Å². The van der Waals surface area contributed by atoms with Gasteiger partial charge in [0.15, 0.2) is 5.58 Å². The highest BCUT2D eigenvalue weighted by atomic mass is 16.3. The fourth-order valence-electron chi connectivity index (χ4n) is 4.89. The highest BCUT2D eigenvalue weighted by Gasteiger charge is 2.26. The molecule has 8 heteroatoms. The summed E-state index contributed by atoms with van der Waals surface area (Å²) in [7, 11) is 0. The third kappa shape index (κ3) is 3.90. The summed E-state index contributed by atoms with van der Waals surface area (Å²) < 4.78 is 8.72. The fraction of sp³-hybridized carbons (Fsp3) is 0.400. The second kappa shape index (κ2) is 8.42. The number of fused-ring (bicyclic) bond motifs is 3. The van der Waals surface area contributed by atoms with Crippen LogP contribution in [0.5, 0.6) is 0 Å². The molecule has 1 saturated heterocycles. The standard InChI is InChI=1S/C25H29N5O3/c1-17-6-4-7-20(14-17)28-12-11-27(16-18(28)2)24(31)8-5-10-29-25(32)22-15-23-21(9-13-33-23)30(22)19(3)26-29/h4,6-7,9,13-15,18H,5,8,10-12,16H2,1-3H3/t18-/m0/s1. The third-order valence-electron chi connectivity index (χ3n) is 6.54. The maximum Gasteiger partial charge on any atom is 0.291 e. The van der Waals surface area contributed by atoms with Gasteiger partial charge in [-0.3, -0.25) is 14.0 Å². The zero-order valence-corrected chi connectivity index (χ0v) is 19.3. The summed E-state index contributed by atoms with van der Waals surface area (Å²) in [6, 6.07) is 12.3. The Balaban J connectivity index is 1.21. The van der Waals surface area contributed by atoms with E-state index in [2.05, 4.69) is 48.1 Å². The molecule has 1 amide bonds. The number of aryl methyl sites for hydroxylation is 3. The summed E-state index contributed by atoms with van der Waals surface area (Å²) >= 11 is 0. The van der Waals surface area contributed by atoms with Crippen molar-refractivity contribution < 1.29 is 9.21 Å². The van der Waals surface area contributed by atoms with Crippen molar-refractivity contribution in [2.24, 2.45) is 0 Å². The first kappa shape index (κ1) is 21.3. The minimum absolute atomic E-state index is 0.136. The number of hydrogen-bond donors (Lipinski definition) is 0. The minimum Gasteiger partial charge on any atom is -0.463 e. The summed E-state index contributed by atoms with van der Waals surface area (Å²) in [6.07, 6.45) is 2.58. The monoisotopic (exact) mass is 447 g/mol. The van der Waals surface area contributed by atoms with E-state index in [1.807, 2.05) is 22.3 Å². The van der Waals surface area contributed by atoms with Gasteiger partial charge in [-0.05, 0) is 44.9 Å². The SMILES string of the molecule is Cc1cccc(N2CCN(C(=O)CCCn3nc(C)n4c(cc5occc54)c3=O)C[C@@H]2C)c1. The number of benzene rings is 1. The van der Waals surface area contributed by atoms with Crippen LogP contribution in [0.15, 0.2) is 51.9 Å². The molecule has 172 valence electrons. The van der Waals surface area contributed by atoms with E-state index in [0.717, 1.165) is 12.1 Å². The number of furan rings is 1. The van der Waals surface area contributed by atoms with E-state index in [9.17, 15) is 9.59 Å². The van der Waals surface area contributed by atoms with Crippen molar-refractivity contribution in [2.45, 2.75) is 46.2 Å². The number of carbonyl (C=O) groups excluding carboxylic acids is 1. The van der Waals surface area contributed by atoms with Gasteiger partial charge in [0.25, 0.3) is 5.56 Å². The first-order valence-corrected chi connectivity index (χ1v) is 11.5. The van der Waals surface area contributed by atoms with Gasteiger partial charge in [-0.25, -0.2) is 4.68 Å². The van der Waals surface area contributed by atoms with Crippen LogP contribution in [0.3, 0.4) is 0 Å². The van der Waals surface area contributed by atoms with Crippen molar-refractivity contribution in [3.63, 3.8) is 0 Å². The van der Waals surface area contributed by atoms with Gasteiger partial charge in [-0.2, -0.15) is 5.10 Å². The second-order valence-corrected chi connectivity index (χ2v) is 8.94. The van der Waals surface area contributed by atoms with Gasteiger partial charge < -0.3 is 14.2 Å². The van der Waals surface area contributed by atoms with Crippen LogP contribution in [-0.2, 0) is 11.3 Å². The van der Waals surface area contributed by atoms with E-state index in [1.165, 1.54) is 15.9 Å². The lowest BCUT2D eigenvalue weighted by Gasteiger charge is -2.41. The van der Waals surface area contributed by atoms with Gasteiger partial charge in [0, 0.05) is 56.5 Å². The van der Waals surface area contributed by atoms with Crippen LogP contribution >= 0.6 is 0 Å². The van der Waals surface area contributed by atoms with Gasteiger partial charge in [0.05, 0.1) is 11.8 Å². The molecule has 1 fully saturated rings. The van der Waals surface area contributed by atoms with Gasteiger partial charge >= 0.3 is 0 Å². The van der Waals surface area contributed by atoms with Crippen molar-refractivity contribution in [3.8, 4) is 0 Å². The lowest BCUT2D eigenvalue weighted by molar-refractivity contribution is -0.132. The molecule has 0 spiro atoms. The molecule has 4 heterocycles. The lowest BCUT2D eigenvalue weighted by Crippen LogP contribution is -2.53. The fourth-order valence-corrected chi connectivity index (χ4v) is 4.89. The molecular formula is C25H29N5O3. The quantitative estimate of drug-likeness (QED) is 0.469. The molecule has 0 saturated carbocycles. The largest absolute Gasteiger partial charge is 0.463 e. The summed E-state index contributed by atoms with van der Waals surface area (Å²) in [5.74, 6) is 0.852. The number of rotatable bonds is 5. The third-order valence-corrected chi connectivity index (χ3v) is 6.54. The Hall–Kier alpha value is -3.55. The van der Waals surface area contributed by atoms with Crippen LogP contribution in [0, 0.1) is 13.8 Å². The van der Waals surface area contributed by atoms with E-state index < -0.39 is 0 Å².